The van der Waals surface area contributed by atoms with Crippen LogP contribution in [-0.2, 0) is 7.05 Å². The van der Waals surface area contributed by atoms with E-state index in [9.17, 15) is 4.79 Å². The molecule has 1 aromatic carbocycles. The molecule has 1 N–H and O–H groups in total. The minimum absolute atomic E-state index is 0.0538. The second-order valence-electron chi connectivity index (χ2n) is 8.56. The number of carbonyl (C=O) groups excluding carboxylic acids is 1. The zero-order valence-corrected chi connectivity index (χ0v) is 18.3. The number of hydrogen-bond acceptors (Lipinski definition) is 6. The Morgan fingerprint density at radius 2 is 1.97 bits per heavy atom. The van der Waals surface area contributed by atoms with E-state index in [1.807, 2.05) is 44.3 Å². The molecule has 1 saturated carbocycles. The SMILES string of the molecule is Cc1nn(C)cc1C(=O)NCC1CCC(c2nnc(-c3nccc4ccccc34)o2)CC1. The minimum atomic E-state index is -0.0538. The van der Waals surface area contributed by atoms with Crippen LogP contribution in [0, 0.1) is 12.8 Å². The standard InChI is InChI=1S/C24H26N6O2/c1-15-20(14-30(2)29-15)22(31)26-13-16-7-9-18(10-8-16)23-27-28-24(32-23)21-19-6-4-3-5-17(19)11-12-25-21/h3-6,11-12,14,16,18H,7-10,13H2,1-2H3,(H,26,31). The second kappa shape index (κ2) is 8.53. The number of carbonyl (C=O) groups is 1. The van der Waals surface area contributed by atoms with E-state index < -0.39 is 0 Å². The van der Waals surface area contributed by atoms with E-state index in [2.05, 4.69) is 25.6 Å². The number of nitrogens with zero attached hydrogens (tertiary/aromatic N) is 5. The molecule has 5 rings (SSSR count). The summed E-state index contributed by atoms with van der Waals surface area (Å²) >= 11 is 0. The first-order chi connectivity index (χ1) is 15.6. The Kier molecular flexibility index (Phi) is 5.43. The molecule has 0 bridgehead atoms. The first-order valence-corrected chi connectivity index (χ1v) is 11.0. The molecular formula is C24H26N6O2. The van der Waals surface area contributed by atoms with E-state index in [0.29, 0.717) is 29.8 Å². The quantitative estimate of drug-likeness (QED) is 0.513. The summed E-state index contributed by atoms with van der Waals surface area (Å²) in [5, 5.41) is 18.0. The Balaban J connectivity index is 1.19. The highest BCUT2D eigenvalue weighted by Crippen LogP contribution is 2.36. The average molecular weight is 431 g/mol. The molecule has 8 nitrogen and oxygen atoms in total. The monoisotopic (exact) mass is 430 g/mol. The van der Waals surface area contributed by atoms with Crippen LogP contribution in [0.3, 0.4) is 0 Å². The van der Waals surface area contributed by atoms with Crippen LogP contribution in [0.4, 0.5) is 0 Å². The molecule has 164 valence electrons. The molecule has 0 unspecified atom stereocenters. The number of aryl methyl sites for hydroxylation is 2. The van der Waals surface area contributed by atoms with Gasteiger partial charge in [-0.2, -0.15) is 5.10 Å². The van der Waals surface area contributed by atoms with Gasteiger partial charge in [0.05, 0.1) is 11.3 Å². The molecule has 8 heteroatoms. The van der Waals surface area contributed by atoms with Crippen LogP contribution in [0.2, 0.25) is 0 Å². The molecule has 0 atom stereocenters. The van der Waals surface area contributed by atoms with E-state index in [-0.39, 0.29) is 11.8 Å². The lowest BCUT2D eigenvalue weighted by molar-refractivity contribution is 0.0941. The average Bonchev–Trinajstić information content (AvgIpc) is 3.44. The van der Waals surface area contributed by atoms with Gasteiger partial charge >= 0.3 is 0 Å². The van der Waals surface area contributed by atoms with Gasteiger partial charge in [0.1, 0.15) is 5.69 Å². The summed E-state index contributed by atoms with van der Waals surface area (Å²) in [4.78, 5) is 16.9. The van der Waals surface area contributed by atoms with Crippen molar-refractivity contribution in [2.45, 2.75) is 38.5 Å². The first kappa shape index (κ1) is 20.4. The third-order valence-corrected chi connectivity index (χ3v) is 6.32. The molecule has 4 aromatic rings. The van der Waals surface area contributed by atoms with Crippen LogP contribution in [-0.4, -0.2) is 37.4 Å². The Morgan fingerprint density at radius 3 is 2.75 bits per heavy atom. The third-order valence-electron chi connectivity index (χ3n) is 6.32. The molecular weight excluding hydrogens is 404 g/mol. The van der Waals surface area contributed by atoms with Crippen molar-refractivity contribution in [1.29, 1.82) is 0 Å². The molecule has 0 spiro atoms. The molecule has 1 aliphatic rings. The van der Waals surface area contributed by atoms with E-state index in [1.165, 1.54) is 0 Å². The lowest BCUT2D eigenvalue weighted by Crippen LogP contribution is -2.31. The van der Waals surface area contributed by atoms with Gasteiger partial charge in [-0.1, -0.05) is 24.3 Å². The van der Waals surface area contributed by atoms with E-state index >= 15 is 0 Å². The Morgan fingerprint density at radius 1 is 1.16 bits per heavy atom. The topological polar surface area (TPSA) is 98.7 Å². The number of aromatic nitrogens is 5. The summed E-state index contributed by atoms with van der Waals surface area (Å²) in [6.07, 6.45) is 7.50. The zero-order chi connectivity index (χ0) is 22.1. The summed E-state index contributed by atoms with van der Waals surface area (Å²) in [6, 6.07) is 10.0. The van der Waals surface area contributed by atoms with Crippen LogP contribution in [0.1, 0.15) is 53.5 Å². The number of hydrogen-bond donors (Lipinski definition) is 1. The lowest BCUT2D eigenvalue weighted by atomic mass is 9.82. The highest BCUT2D eigenvalue weighted by molar-refractivity contribution is 5.95. The fraction of sp³-hybridized carbons (Fsp3) is 0.375. The van der Waals surface area contributed by atoms with Gasteiger partial charge in [0.25, 0.3) is 11.8 Å². The second-order valence-corrected chi connectivity index (χ2v) is 8.56. The maximum atomic E-state index is 12.4. The summed E-state index contributed by atoms with van der Waals surface area (Å²) < 4.78 is 7.73. The van der Waals surface area contributed by atoms with Gasteiger partial charge in [0.2, 0.25) is 5.89 Å². The van der Waals surface area contributed by atoms with Crippen molar-refractivity contribution >= 4 is 16.7 Å². The lowest BCUT2D eigenvalue weighted by Gasteiger charge is -2.26. The van der Waals surface area contributed by atoms with Crippen molar-refractivity contribution in [3.63, 3.8) is 0 Å². The molecule has 32 heavy (non-hydrogen) atoms. The molecule has 3 aromatic heterocycles. The molecule has 1 fully saturated rings. The van der Waals surface area contributed by atoms with Crippen molar-refractivity contribution in [2.75, 3.05) is 6.54 Å². The van der Waals surface area contributed by atoms with Crippen LogP contribution < -0.4 is 5.32 Å². The molecule has 1 amide bonds. The van der Waals surface area contributed by atoms with Crippen molar-refractivity contribution in [2.24, 2.45) is 13.0 Å². The van der Waals surface area contributed by atoms with Gasteiger partial charge < -0.3 is 9.73 Å². The van der Waals surface area contributed by atoms with Gasteiger partial charge in [-0.05, 0) is 50.0 Å². The highest BCUT2D eigenvalue weighted by atomic mass is 16.4. The molecule has 0 aliphatic heterocycles. The molecule has 1 aliphatic carbocycles. The number of pyridine rings is 1. The maximum absolute atomic E-state index is 12.4. The maximum Gasteiger partial charge on any atom is 0.266 e. The van der Waals surface area contributed by atoms with Crippen molar-refractivity contribution in [3.05, 3.63) is 59.9 Å². The number of amides is 1. The Bertz CT molecular complexity index is 1250. The van der Waals surface area contributed by atoms with Crippen LogP contribution in [0.25, 0.3) is 22.4 Å². The highest BCUT2D eigenvalue weighted by Gasteiger charge is 2.27. The zero-order valence-electron chi connectivity index (χ0n) is 18.3. The summed E-state index contributed by atoms with van der Waals surface area (Å²) in [5.41, 5.74) is 2.12. The van der Waals surface area contributed by atoms with Gasteiger partial charge in [0.15, 0.2) is 0 Å². The first-order valence-electron chi connectivity index (χ1n) is 11.0. The Hall–Kier alpha value is -3.55. The van der Waals surface area contributed by atoms with Gasteiger partial charge in [-0.15, -0.1) is 10.2 Å². The van der Waals surface area contributed by atoms with Crippen LogP contribution in [0.15, 0.2) is 47.1 Å². The summed E-state index contributed by atoms with van der Waals surface area (Å²) in [6.45, 7) is 2.53. The number of fused-ring (bicyclic) bond motifs is 1. The molecule has 0 radical (unpaired) electrons. The fourth-order valence-electron chi connectivity index (χ4n) is 4.55. The third kappa shape index (κ3) is 4.00. The number of rotatable bonds is 5. The molecule has 3 heterocycles. The van der Waals surface area contributed by atoms with E-state index in [0.717, 1.165) is 47.8 Å². The predicted octanol–water partition coefficient (Wildman–Crippen LogP) is 4.03. The predicted molar refractivity (Wildman–Crippen MR) is 120 cm³/mol. The fourth-order valence-corrected chi connectivity index (χ4v) is 4.55. The minimum Gasteiger partial charge on any atom is -0.419 e. The van der Waals surface area contributed by atoms with E-state index in [1.54, 1.807) is 17.1 Å². The normalized spacial score (nSPS) is 18.7. The number of nitrogens with one attached hydrogen (secondary N) is 1. The summed E-state index contributed by atoms with van der Waals surface area (Å²) in [5.74, 6) is 1.80. The van der Waals surface area contributed by atoms with Crippen molar-refractivity contribution < 1.29 is 9.21 Å². The van der Waals surface area contributed by atoms with Gasteiger partial charge in [-0.25, -0.2) is 0 Å². The largest absolute Gasteiger partial charge is 0.419 e. The van der Waals surface area contributed by atoms with E-state index in [4.69, 9.17) is 4.42 Å². The van der Waals surface area contributed by atoms with Crippen molar-refractivity contribution in [3.8, 4) is 11.6 Å². The summed E-state index contributed by atoms with van der Waals surface area (Å²) in [7, 11) is 1.82. The smallest absolute Gasteiger partial charge is 0.266 e. The van der Waals surface area contributed by atoms with Gasteiger partial charge in [0, 0.05) is 37.3 Å². The number of benzene rings is 1. The van der Waals surface area contributed by atoms with Crippen LogP contribution in [0.5, 0.6) is 0 Å². The van der Waals surface area contributed by atoms with Crippen molar-refractivity contribution in [1.82, 2.24) is 30.3 Å². The van der Waals surface area contributed by atoms with Gasteiger partial charge in [-0.3, -0.25) is 14.5 Å². The molecule has 0 saturated heterocycles. The Labute approximate surface area is 186 Å². The van der Waals surface area contributed by atoms with Crippen LogP contribution >= 0.6 is 0 Å².